The van der Waals surface area contributed by atoms with E-state index >= 15 is 0 Å². The zero-order valence-corrected chi connectivity index (χ0v) is 9.87. The maximum Gasteiger partial charge on any atom is 0.223 e. The Balaban J connectivity index is 2.47. The number of H-pyrrole nitrogens is 1. The summed E-state index contributed by atoms with van der Waals surface area (Å²) in [6.07, 6.45) is 4.01. The molecular weight excluding hydrogens is 190 g/mol. The first-order valence-corrected chi connectivity index (χ1v) is 5.11. The van der Waals surface area contributed by atoms with Crippen LogP contribution in [0.15, 0.2) is 12.4 Å². The molecule has 1 aromatic heterocycles. The maximum atomic E-state index is 11.8. The molecule has 0 radical (unpaired) electrons. The normalized spacial score (nSPS) is 11.5. The van der Waals surface area contributed by atoms with Gasteiger partial charge in [-0.15, -0.1) is 0 Å². The van der Waals surface area contributed by atoms with Crippen molar-refractivity contribution in [3.8, 4) is 0 Å². The molecule has 0 aliphatic carbocycles. The van der Waals surface area contributed by atoms with Crippen molar-refractivity contribution in [3.63, 3.8) is 0 Å². The summed E-state index contributed by atoms with van der Waals surface area (Å²) in [4.78, 5) is 20.5. The molecule has 1 N–H and O–H groups in total. The van der Waals surface area contributed by atoms with Gasteiger partial charge in [-0.1, -0.05) is 20.8 Å². The number of hydrogen-bond acceptors (Lipinski definition) is 2. The monoisotopic (exact) mass is 209 g/mol. The Morgan fingerprint density at radius 2 is 2.20 bits per heavy atom. The van der Waals surface area contributed by atoms with E-state index in [1.807, 2.05) is 0 Å². The number of aromatic amines is 1. The summed E-state index contributed by atoms with van der Waals surface area (Å²) in [6, 6.07) is 0. The van der Waals surface area contributed by atoms with E-state index in [1.165, 1.54) is 0 Å². The highest BCUT2D eigenvalue weighted by molar-refractivity contribution is 5.76. The van der Waals surface area contributed by atoms with Crippen LogP contribution >= 0.6 is 0 Å². The standard InChI is InChI=1S/C11H19N3O/c1-11(2,3)7-10(15)14(4)8-9-12-5-6-13-9/h5-6H,7-8H2,1-4H3,(H,12,13). The van der Waals surface area contributed by atoms with Crippen molar-refractivity contribution in [3.05, 3.63) is 18.2 Å². The first-order valence-electron chi connectivity index (χ1n) is 5.11. The lowest BCUT2D eigenvalue weighted by atomic mass is 9.92. The molecule has 0 spiro atoms. The Hall–Kier alpha value is -1.32. The minimum atomic E-state index is 0.0362. The predicted molar refractivity (Wildman–Crippen MR) is 59.1 cm³/mol. The number of imidazole rings is 1. The zero-order chi connectivity index (χ0) is 11.5. The summed E-state index contributed by atoms with van der Waals surface area (Å²) >= 11 is 0. The van der Waals surface area contributed by atoms with Gasteiger partial charge in [0.2, 0.25) is 5.91 Å². The average molecular weight is 209 g/mol. The number of carbonyl (C=O) groups excluding carboxylic acids is 1. The highest BCUT2D eigenvalue weighted by Crippen LogP contribution is 2.19. The Morgan fingerprint density at radius 3 is 2.67 bits per heavy atom. The van der Waals surface area contributed by atoms with Crippen LogP contribution in [0.1, 0.15) is 33.0 Å². The smallest absolute Gasteiger partial charge is 0.223 e. The van der Waals surface area contributed by atoms with E-state index in [1.54, 1.807) is 24.3 Å². The third kappa shape index (κ3) is 4.14. The molecule has 0 bridgehead atoms. The van der Waals surface area contributed by atoms with Gasteiger partial charge < -0.3 is 9.88 Å². The molecule has 0 unspecified atom stereocenters. The van der Waals surface area contributed by atoms with E-state index in [-0.39, 0.29) is 11.3 Å². The van der Waals surface area contributed by atoms with Crippen LogP contribution in [0, 0.1) is 5.41 Å². The van der Waals surface area contributed by atoms with Gasteiger partial charge in [-0.2, -0.15) is 0 Å². The van der Waals surface area contributed by atoms with Gasteiger partial charge in [0.25, 0.3) is 0 Å². The van der Waals surface area contributed by atoms with Gasteiger partial charge in [0.1, 0.15) is 5.82 Å². The Labute approximate surface area is 90.7 Å². The second-order valence-electron chi connectivity index (χ2n) is 5.02. The summed E-state index contributed by atoms with van der Waals surface area (Å²) in [6.45, 7) is 6.73. The van der Waals surface area contributed by atoms with Crippen molar-refractivity contribution in [2.45, 2.75) is 33.7 Å². The van der Waals surface area contributed by atoms with Gasteiger partial charge in [-0.05, 0) is 5.41 Å². The van der Waals surface area contributed by atoms with Gasteiger partial charge in [0.05, 0.1) is 6.54 Å². The summed E-state index contributed by atoms with van der Waals surface area (Å²) in [5, 5.41) is 0. The third-order valence-electron chi connectivity index (χ3n) is 2.05. The molecule has 0 saturated heterocycles. The zero-order valence-electron chi connectivity index (χ0n) is 9.87. The molecule has 4 heteroatoms. The average Bonchev–Trinajstić information content (AvgIpc) is 2.53. The molecule has 0 fully saturated rings. The molecule has 0 aliphatic rings. The summed E-state index contributed by atoms with van der Waals surface area (Å²) in [5.74, 6) is 0.971. The minimum Gasteiger partial charge on any atom is -0.347 e. The largest absolute Gasteiger partial charge is 0.347 e. The first-order chi connectivity index (χ1) is 6.88. The van der Waals surface area contributed by atoms with Crippen LogP contribution in [0.4, 0.5) is 0 Å². The number of amides is 1. The molecule has 4 nitrogen and oxygen atoms in total. The molecule has 1 amide bonds. The van der Waals surface area contributed by atoms with Crippen molar-refractivity contribution in [1.82, 2.24) is 14.9 Å². The summed E-state index contributed by atoms with van der Waals surface area (Å²) < 4.78 is 0. The predicted octanol–water partition coefficient (Wildman–Crippen LogP) is 1.80. The van der Waals surface area contributed by atoms with Crippen LogP contribution < -0.4 is 0 Å². The molecule has 84 valence electrons. The van der Waals surface area contributed by atoms with Crippen LogP contribution in [0.25, 0.3) is 0 Å². The third-order valence-corrected chi connectivity index (χ3v) is 2.05. The van der Waals surface area contributed by atoms with Gasteiger partial charge in [-0.3, -0.25) is 4.79 Å². The van der Waals surface area contributed by atoms with Crippen molar-refractivity contribution in [2.75, 3.05) is 7.05 Å². The van der Waals surface area contributed by atoms with Gasteiger partial charge in [0.15, 0.2) is 0 Å². The lowest BCUT2D eigenvalue weighted by Gasteiger charge is -2.22. The number of nitrogens with one attached hydrogen (secondary N) is 1. The molecule has 0 aromatic carbocycles. The SMILES string of the molecule is CN(Cc1ncc[nH]1)C(=O)CC(C)(C)C. The molecule has 15 heavy (non-hydrogen) atoms. The number of aromatic nitrogens is 2. The van der Waals surface area contributed by atoms with Gasteiger partial charge in [-0.25, -0.2) is 4.98 Å². The summed E-state index contributed by atoms with van der Waals surface area (Å²) in [5.41, 5.74) is 0.0362. The highest BCUT2D eigenvalue weighted by Gasteiger charge is 2.19. The molecule has 1 aromatic rings. The Bertz CT molecular complexity index is 311. The minimum absolute atomic E-state index is 0.0362. The number of carbonyl (C=O) groups is 1. The number of hydrogen-bond donors (Lipinski definition) is 1. The van der Waals surface area contributed by atoms with Crippen LogP contribution in [-0.2, 0) is 11.3 Å². The van der Waals surface area contributed by atoms with Gasteiger partial charge >= 0.3 is 0 Å². The van der Waals surface area contributed by atoms with Gasteiger partial charge in [0, 0.05) is 25.9 Å². The lowest BCUT2D eigenvalue weighted by Crippen LogP contribution is -2.30. The summed E-state index contributed by atoms with van der Waals surface area (Å²) in [7, 11) is 1.80. The molecule has 0 aliphatic heterocycles. The van der Waals surface area contributed by atoms with E-state index in [2.05, 4.69) is 30.7 Å². The number of nitrogens with zero attached hydrogens (tertiary/aromatic N) is 2. The maximum absolute atomic E-state index is 11.8. The van der Waals surface area contributed by atoms with Crippen molar-refractivity contribution in [2.24, 2.45) is 5.41 Å². The molecule has 0 atom stereocenters. The van der Waals surface area contributed by atoms with Crippen molar-refractivity contribution >= 4 is 5.91 Å². The molecule has 0 saturated carbocycles. The van der Waals surface area contributed by atoms with Crippen molar-refractivity contribution < 1.29 is 4.79 Å². The van der Waals surface area contributed by atoms with Crippen LogP contribution in [0.2, 0.25) is 0 Å². The quantitative estimate of drug-likeness (QED) is 0.825. The van der Waals surface area contributed by atoms with E-state index in [0.717, 1.165) is 5.82 Å². The Kier molecular flexibility index (Phi) is 3.50. The number of rotatable bonds is 3. The molecule has 1 heterocycles. The van der Waals surface area contributed by atoms with E-state index in [0.29, 0.717) is 13.0 Å². The highest BCUT2D eigenvalue weighted by atomic mass is 16.2. The van der Waals surface area contributed by atoms with Crippen LogP contribution in [0.3, 0.4) is 0 Å². The fourth-order valence-electron chi connectivity index (χ4n) is 1.29. The second kappa shape index (κ2) is 4.47. The lowest BCUT2D eigenvalue weighted by molar-refractivity contribution is -0.132. The van der Waals surface area contributed by atoms with Crippen LogP contribution in [0.5, 0.6) is 0 Å². The molecule has 1 rings (SSSR count). The second-order valence-corrected chi connectivity index (χ2v) is 5.02. The van der Waals surface area contributed by atoms with Crippen molar-refractivity contribution in [1.29, 1.82) is 0 Å². The fraction of sp³-hybridized carbons (Fsp3) is 0.636. The Morgan fingerprint density at radius 1 is 1.53 bits per heavy atom. The topological polar surface area (TPSA) is 49.0 Å². The fourth-order valence-corrected chi connectivity index (χ4v) is 1.29. The van der Waals surface area contributed by atoms with E-state index in [4.69, 9.17) is 0 Å². The van der Waals surface area contributed by atoms with E-state index in [9.17, 15) is 4.79 Å². The molecular formula is C11H19N3O. The first kappa shape index (κ1) is 11.8. The van der Waals surface area contributed by atoms with E-state index < -0.39 is 0 Å². The van der Waals surface area contributed by atoms with Crippen LogP contribution in [-0.4, -0.2) is 27.8 Å².